The second kappa shape index (κ2) is 6.18. The van der Waals surface area contributed by atoms with Crippen LogP contribution in [-0.2, 0) is 0 Å². The molecule has 0 saturated heterocycles. The lowest BCUT2D eigenvalue weighted by Gasteiger charge is -2.03. The number of hydrogen-bond acceptors (Lipinski definition) is 7. The molecule has 0 bridgehead atoms. The molecule has 0 spiro atoms. The Bertz CT molecular complexity index is 777. The third-order valence-corrected chi connectivity index (χ3v) is 3.07. The van der Waals surface area contributed by atoms with Crippen molar-refractivity contribution >= 4 is 22.7 Å². The van der Waals surface area contributed by atoms with E-state index in [0.29, 0.717) is 16.8 Å². The average molecular weight is 316 g/mol. The lowest BCUT2D eigenvalue weighted by molar-refractivity contribution is -0.394. The van der Waals surface area contributed by atoms with Crippen LogP contribution in [-0.4, -0.2) is 15.0 Å². The van der Waals surface area contributed by atoms with Gasteiger partial charge in [0.05, 0.1) is 27.3 Å². The van der Waals surface area contributed by atoms with Crippen molar-refractivity contribution in [2.75, 3.05) is 0 Å². The van der Waals surface area contributed by atoms with Gasteiger partial charge in [-0.3, -0.25) is 20.2 Å². The first-order chi connectivity index (χ1) is 10.8. The highest BCUT2D eigenvalue weighted by atomic mass is 16.6. The van der Waals surface area contributed by atoms with Gasteiger partial charge in [0.15, 0.2) is 0 Å². The van der Waals surface area contributed by atoms with E-state index in [1.165, 1.54) is 0 Å². The van der Waals surface area contributed by atoms with Gasteiger partial charge in [-0.2, -0.15) is 10.2 Å². The molecule has 0 unspecified atom stereocenters. The first-order valence-corrected chi connectivity index (χ1v) is 6.44. The minimum Gasteiger partial charge on any atom is -0.507 e. The molecule has 0 atom stereocenters. The van der Waals surface area contributed by atoms with Gasteiger partial charge in [0.25, 0.3) is 11.4 Å². The topological polar surface area (TPSA) is 131 Å². The molecule has 0 saturated carbocycles. The minimum absolute atomic E-state index is 0.00530. The summed E-state index contributed by atoms with van der Waals surface area (Å²) in [6, 6.07) is 6.20. The summed E-state index contributed by atoms with van der Waals surface area (Å²) < 4.78 is 0. The van der Waals surface area contributed by atoms with Crippen molar-refractivity contribution in [3.63, 3.8) is 0 Å². The van der Waals surface area contributed by atoms with Gasteiger partial charge in [0.1, 0.15) is 5.75 Å². The van der Waals surface area contributed by atoms with E-state index in [1.54, 1.807) is 26.0 Å². The molecule has 0 fully saturated rings. The van der Waals surface area contributed by atoms with Crippen LogP contribution in [0.3, 0.4) is 0 Å². The lowest BCUT2D eigenvalue weighted by atomic mass is 10.1. The zero-order chi connectivity index (χ0) is 17.1. The summed E-state index contributed by atoms with van der Waals surface area (Å²) in [6.45, 7) is 3.39. The van der Waals surface area contributed by atoms with Gasteiger partial charge in [-0.05, 0) is 37.1 Å². The van der Waals surface area contributed by atoms with Gasteiger partial charge in [-0.15, -0.1) is 0 Å². The van der Waals surface area contributed by atoms with Crippen LogP contribution in [0.15, 0.2) is 40.6 Å². The minimum atomic E-state index is -0.735. The van der Waals surface area contributed by atoms with Crippen molar-refractivity contribution in [3.8, 4) is 5.75 Å². The molecular weight excluding hydrogens is 304 g/mol. The first kappa shape index (κ1) is 16.0. The molecule has 0 heterocycles. The van der Waals surface area contributed by atoms with Crippen LogP contribution in [0.25, 0.3) is 0 Å². The first-order valence-electron chi connectivity index (χ1n) is 6.44. The second-order valence-electron chi connectivity index (χ2n) is 4.85. The fourth-order valence-electron chi connectivity index (χ4n) is 1.95. The SMILES string of the molecule is Cc1cc(N=Nc2cc([N+](=O)[O-])cc([N+](=O)[O-])c2)cc(C)c1O. The second-order valence-corrected chi connectivity index (χ2v) is 4.85. The Kier molecular flexibility index (Phi) is 4.30. The molecule has 118 valence electrons. The standard InChI is InChI=1S/C14H12N4O5/c1-8-3-10(4-9(2)14(8)19)15-16-11-5-12(17(20)21)7-13(6-11)18(22)23/h3-7,19H,1-2H3. The van der Waals surface area contributed by atoms with E-state index in [2.05, 4.69) is 10.2 Å². The van der Waals surface area contributed by atoms with E-state index < -0.39 is 21.2 Å². The largest absolute Gasteiger partial charge is 0.507 e. The predicted molar refractivity (Wildman–Crippen MR) is 81.5 cm³/mol. The van der Waals surface area contributed by atoms with Crippen LogP contribution in [0.2, 0.25) is 0 Å². The zero-order valence-electron chi connectivity index (χ0n) is 12.3. The van der Waals surface area contributed by atoms with E-state index in [1.807, 2.05) is 0 Å². The van der Waals surface area contributed by atoms with Gasteiger partial charge < -0.3 is 5.11 Å². The number of phenolic OH excluding ortho intramolecular Hbond substituents is 1. The summed E-state index contributed by atoms with van der Waals surface area (Å²) in [5.74, 6) is 0.148. The monoisotopic (exact) mass is 316 g/mol. The number of hydrogen-bond donors (Lipinski definition) is 1. The summed E-state index contributed by atoms with van der Waals surface area (Å²) in [5.41, 5.74) is 0.742. The third-order valence-electron chi connectivity index (χ3n) is 3.07. The molecule has 1 N–H and O–H groups in total. The summed E-state index contributed by atoms with van der Waals surface area (Å²) >= 11 is 0. The maximum absolute atomic E-state index is 10.8. The van der Waals surface area contributed by atoms with Crippen molar-refractivity contribution in [1.29, 1.82) is 0 Å². The fraction of sp³-hybridized carbons (Fsp3) is 0.143. The Morgan fingerprint density at radius 2 is 1.22 bits per heavy atom. The highest BCUT2D eigenvalue weighted by molar-refractivity contribution is 5.56. The Hall–Kier alpha value is -3.36. The van der Waals surface area contributed by atoms with Crippen molar-refractivity contribution in [3.05, 3.63) is 61.7 Å². The number of azo groups is 1. The summed E-state index contributed by atoms with van der Waals surface area (Å²) in [5, 5.41) is 39.0. The summed E-state index contributed by atoms with van der Waals surface area (Å²) in [6.07, 6.45) is 0. The number of benzene rings is 2. The van der Waals surface area contributed by atoms with Crippen LogP contribution in [0.4, 0.5) is 22.7 Å². The van der Waals surface area contributed by atoms with Gasteiger partial charge in [-0.25, -0.2) is 0 Å². The highest BCUT2D eigenvalue weighted by Crippen LogP contribution is 2.31. The summed E-state index contributed by atoms with van der Waals surface area (Å²) in [7, 11) is 0. The van der Waals surface area contributed by atoms with E-state index >= 15 is 0 Å². The molecule has 9 heteroatoms. The van der Waals surface area contributed by atoms with Crippen LogP contribution < -0.4 is 0 Å². The molecule has 0 aromatic heterocycles. The maximum atomic E-state index is 10.8. The normalized spacial score (nSPS) is 10.9. The average Bonchev–Trinajstić information content (AvgIpc) is 2.50. The molecule has 9 nitrogen and oxygen atoms in total. The fourth-order valence-corrected chi connectivity index (χ4v) is 1.95. The van der Waals surface area contributed by atoms with Gasteiger partial charge >= 0.3 is 0 Å². The van der Waals surface area contributed by atoms with Crippen molar-refractivity contribution in [1.82, 2.24) is 0 Å². The molecule has 0 radical (unpaired) electrons. The molecule has 0 aliphatic heterocycles. The Labute approximate surface area is 130 Å². The van der Waals surface area contributed by atoms with Crippen molar-refractivity contribution < 1.29 is 15.0 Å². The number of nitro groups is 2. The third kappa shape index (κ3) is 3.64. The predicted octanol–water partition coefficient (Wildman–Crippen LogP) is 4.24. The lowest BCUT2D eigenvalue weighted by Crippen LogP contribution is -1.92. The molecule has 0 aliphatic rings. The quantitative estimate of drug-likeness (QED) is 0.512. The Morgan fingerprint density at radius 1 is 0.826 bits per heavy atom. The summed E-state index contributed by atoms with van der Waals surface area (Å²) in [4.78, 5) is 20.2. The smallest absolute Gasteiger partial charge is 0.278 e. The number of aromatic hydroxyl groups is 1. The molecule has 23 heavy (non-hydrogen) atoms. The Morgan fingerprint density at radius 3 is 1.61 bits per heavy atom. The van der Waals surface area contributed by atoms with E-state index in [4.69, 9.17) is 0 Å². The molecule has 2 aromatic carbocycles. The van der Waals surface area contributed by atoms with Gasteiger partial charge in [0.2, 0.25) is 0 Å². The zero-order valence-corrected chi connectivity index (χ0v) is 12.3. The van der Waals surface area contributed by atoms with Gasteiger partial charge in [0, 0.05) is 12.1 Å². The molecule has 0 amide bonds. The van der Waals surface area contributed by atoms with Crippen LogP contribution in [0.1, 0.15) is 11.1 Å². The van der Waals surface area contributed by atoms with Crippen molar-refractivity contribution in [2.24, 2.45) is 10.2 Å². The van der Waals surface area contributed by atoms with E-state index in [9.17, 15) is 25.3 Å². The van der Waals surface area contributed by atoms with E-state index in [-0.39, 0.29) is 11.4 Å². The van der Waals surface area contributed by atoms with Crippen LogP contribution in [0.5, 0.6) is 5.75 Å². The highest BCUT2D eigenvalue weighted by Gasteiger charge is 2.16. The number of aryl methyl sites for hydroxylation is 2. The number of non-ortho nitro benzene ring substituents is 2. The number of phenols is 1. The molecule has 2 rings (SSSR count). The molecule has 0 aliphatic carbocycles. The van der Waals surface area contributed by atoms with E-state index in [0.717, 1.165) is 18.2 Å². The number of nitro benzene ring substituents is 2. The number of rotatable bonds is 4. The molecular formula is C14H12N4O5. The van der Waals surface area contributed by atoms with Crippen LogP contribution in [0, 0.1) is 34.1 Å². The maximum Gasteiger partial charge on any atom is 0.278 e. The molecule has 2 aromatic rings. The van der Waals surface area contributed by atoms with Crippen molar-refractivity contribution in [2.45, 2.75) is 13.8 Å². The Balaban J connectivity index is 2.43. The van der Waals surface area contributed by atoms with Gasteiger partial charge in [-0.1, -0.05) is 0 Å². The van der Waals surface area contributed by atoms with Crippen LogP contribution >= 0.6 is 0 Å². The number of nitrogens with zero attached hydrogens (tertiary/aromatic N) is 4.